The Balaban J connectivity index is 3.05. The summed E-state index contributed by atoms with van der Waals surface area (Å²) in [5.74, 6) is 0. The number of hydrogen-bond acceptors (Lipinski definition) is 2. The second kappa shape index (κ2) is 6.48. The lowest BCUT2D eigenvalue weighted by atomic mass is 10.1. The standard InChI is InChI=1S/C13H18F3NS/c1-4-9(2)18-11-6-5-10(8-17-3)12(7-11)13(14,15)16/h5-7,9,17H,4,8H2,1-3H3. The van der Waals surface area contributed by atoms with Crippen molar-refractivity contribution in [3.05, 3.63) is 29.3 Å². The minimum atomic E-state index is -4.29. The van der Waals surface area contributed by atoms with Gasteiger partial charge in [-0.2, -0.15) is 13.2 Å². The van der Waals surface area contributed by atoms with Crippen LogP contribution >= 0.6 is 11.8 Å². The largest absolute Gasteiger partial charge is 0.416 e. The molecule has 1 aromatic rings. The summed E-state index contributed by atoms with van der Waals surface area (Å²) in [7, 11) is 1.64. The maximum Gasteiger partial charge on any atom is 0.416 e. The van der Waals surface area contributed by atoms with E-state index in [0.29, 0.717) is 15.7 Å². The van der Waals surface area contributed by atoms with E-state index in [9.17, 15) is 13.2 Å². The first-order chi connectivity index (χ1) is 8.38. The van der Waals surface area contributed by atoms with Crippen molar-refractivity contribution in [2.75, 3.05) is 7.05 Å². The van der Waals surface area contributed by atoms with Crippen LogP contribution in [0.15, 0.2) is 23.1 Å². The average Bonchev–Trinajstić information content (AvgIpc) is 2.30. The van der Waals surface area contributed by atoms with Crippen molar-refractivity contribution < 1.29 is 13.2 Å². The Morgan fingerprint density at radius 3 is 2.50 bits per heavy atom. The Labute approximate surface area is 110 Å². The lowest BCUT2D eigenvalue weighted by molar-refractivity contribution is -0.138. The normalized spacial score (nSPS) is 13.7. The van der Waals surface area contributed by atoms with Crippen LogP contribution in [0, 0.1) is 0 Å². The van der Waals surface area contributed by atoms with Gasteiger partial charge in [-0.25, -0.2) is 0 Å². The summed E-state index contributed by atoms with van der Waals surface area (Å²) in [5.41, 5.74) is -0.247. The first-order valence-electron chi connectivity index (χ1n) is 5.89. The highest BCUT2D eigenvalue weighted by Gasteiger charge is 2.33. The van der Waals surface area contributed by atoms with E-state index in [0.717, 1.165) is 6.42 Å². The third-order valence-electron chi connectivity index (χ3n) is 2.67. The molecule has 0 radical (unpaired) electrons. The topological polar surface area (TPSA) is 12.0 Å². The third-order valence-corrected chi connectivity index (χ3v) is 3.93. The van der Waals surface area contributed by atoms with Gasteiger partial charge >= 0.3 is 6.18 Å². The van der Waals surface area contributed by atoms with Crippen molar-refractivity contribution in [1.29, 1.82) is 0 Å². The molecule has 5 heteroatoms. The number of rotatable bonds is 5. The zero-order valence-corrected chi connectivity index (χ0v) is 11.6. The van der Waals surface area contributed by atoms with Gasteiger partial charge in [0, 0.05) is 16.7 Å². The molecule has 0 aliphatic heterocycles. The monoisotopic (exact) mass is 277 g/mol. The maximum atomic E-state index is 12.9. The summed E-state index contributed by atoms with van der Waals surface area (Å²) in [5, 5.41) is 3.08. The van der Waals surface area contributed by atoms with Gasteiger partial charge in [-0.1, -0.05) is 19.9 Å². The van der Waals surface area contributed by atoms with Gasteiger partial charge in [-0.3, -0.25) is 0 Å². The predicted octanol–water partition coefficient (Wildman–Crippen LogP) is 4.32. The molecule has 1 nitrogen and oxygen atoms in total. The quantitative estimate of drug-likeness (QED) is 0.805. The molecule has 0 bridgehead atoms. The third kappa shape index (κ3) is 4.21. The number of hydrogen-bond donors (Lipinski definition) is 1. The molecule has 0 saturated carbocycles. The maximum absolute atomic E-state index is 12.9. The van der Waals surface area contributed by atoms with Crippen molar-refractivity contribution in [2.45, 2.75) is 43.1 Å². The Morgan fingerprint density at radius 1 is 1.33 bits per heavy atom. The van der Waals surface area contributed by atoms with Gasteiger partial charge in [0.1, 0.15) is 0 Å². The van der Waals surface area contributed by atoms with Gasteiger partial charge in [-0.15, -0.1) is 11.8 Å². The Kier molecular flexibility index (Phi) is 5.53. The number of benzene rings is 1. The molecule has 1 unspecified atom stereocenters. The lowest BCUT2D eigenvalue weighted by Crippen LogP contribution is -2.14. The van der Waals surface area contributed by atoms with E-state index in [4.69, 9.17) is 0 Å². The van der Waals surface area contributed by atoms with E-state index < -0.39 is 11.7 Å². The van der Waals surface area contributed by atoms with Gasteiger partial charge in [0.25, 0.3) is 0 Å². The first kappa shape index (κ1) is 15.4. The summed E-state index contributed by atoms with van der Waals surface area (Å²) < 4.78 is 38.8. The van der Waals surface area contributed by atoms with Crippen molar-refractivity contribution >= 4 is 11.8 Å². The predicted molar refractivity (Wildman–Crippen MR) is 69.8 cm³/mol. The minimum Gasteiger partial charge on any atom is -0.316 e. The summed E-state index contributed by atoms with van der Waals surface area (Å²) in [4.78, 5) is 0.677. The molecule has 0 fully saturated rings. The zero-order valence-electron chi connectivity index (χ0n) is 10.8. The summed E-state index contributed by atoms with van der Waals surface area (Å²) in [6, 6.07) is 4.58. The van der Waals surface area contributed by atoms with Gasteiger partial charge in [-0.05, 0) is 31.2 Å². The molecule has 0 saturated heterocycles. The van der Waals surface area contributed by atoms with Crippen LogP contribution in [0.25, 0.3) is 0 Å². The van der Waals surface area contributed by atoms with Crippen LogP contribution in [0.5, 0.6) is 0 Å². The molecule has 102 valence electrons. The second-order valence-electron chi connectivity index (χ2n) is 4.18. The highest BCUT2D eigenvalue weighted by molar-refractivity contribution is 7.99. The lowest BCUT2D eigenvalue weighted by Gasteiger charge is -2.15. The average molecular weight is 277 g/mol. The molecule has 0 aliphatic rings. The van der Waals surface area contributed by atoms with Gasteiger partial charge in [0.15, 0.2) is 0 Å². The number of nitrogens with one attached hydrogen (secondary N) is 1. The zero-order chi connectivity index (χ0) is 13.8. The Hall–Kier alpha value is -0.680. The second-order valence-corrected chi connectivity index (χ2v) is 5.70. The highest BCUT2D eigenvalue weighted by atomic mass is 32.2. The van der Waals surface area contributed by atoms with Gasteiger partial charge in [0.2, 0.25) is 0 Å². The van der Waals surface area contributed by atoms with Crippen molar-refractivity contribution in [2.24, 2.45) is 0 Å². The Morgan fingerprint density at radius 2 is 2.00 bits per heavy atom. The van der Waals surface area contributed by atoms with Crippen molar-refractivity contribution in [1.82, 2.24) is 5.32 Å². The van der Waals surface area contributed by atoms with Crippen LogP contribution in [-0.2, 0) is 12.7 Å². The van der Waals surface area contributed by atoms with Crippen LogP contribution in [0.3, 0.4) is 0 Å². The van der Waals surface area contributed by atoms with Gasteiger partial charge in [0.05, 0.1) is 5.56 Å². The summed E-state index contributed by atoms with van der Waals surface area (Å²) >= 11 is 1.48. The molecule has 0 aliphatic carbocycles. The molecule has 18 heavy (non-hydrogen) atoms. The van der Waals surface area contributed by atoms with Crippen molar-refractivity contribution in [3.8, 4) is 0 Å². The summed E-state index contributed by atoms with van der Waals surface area (Å²) in [6.45, 7) is 4.26. The van der Waals surface area contributed by atoms with E-state index in [-0.39, 0.29) is 6.54 Å². The minimum absolute atomic E-state index is 0.225. The number of thioether (sulfide) groups is 1. The molecule has 1 aromatic carbocycles. The Bertz CT molecular complexity index is 390. The fraction of sp³-hybridized carbons (Fsp3) is 0.538. The first-order valence-corrected chi connectivity index (χ1v) is 6.77. The van der Waals surface area contributed by atoms with Crippen LogP contribution < -0.4 is 5.32 Å². The molecular weight excluding hydrogens is 259 g/mol. The van der Waals surface area contributed by atoms with Crippen LogP contribution in [-0.4, -0.2) is 12.3 Å². The molecule has 0 aromatic heterocycles. The van der Waals surface area contributed by atoms with Crippen LogP contribution in [0.1, 0.15) is 31.4 Å². The van der Waals surface area contributed by atoms with Crippen molar-refractivity contribution in [3.63, 3.8) is 0 Å². The molecule has 1 N–H and O–H groups in total. The van der Waals surface area contributed by atoms with Crippen LogP contribution in [0.2, 0.25) is 0 Å². The smallest absolute Gasteiger partial charge is 0.316 e. The molecule has 1 rings (SSSR count). The van der Waals surface area contributed by atoms with E-state index >= 15 is 0 Å². The molecule has 0 heterocycles. The molecular formula is C13H18F3NS. The fourth-order valence-electron chi connectivity index (χ4n) is 1.55. The highest BCUT2D eigenvalue weighted by Crippen LogP contribution is 2.36. The SMILES string of the molecule is CCC(C)Sc1ccc(CNC)c(C(F)(F)F)c1. The van der Waals surface area contributed by atoms with E-state index in [2.05, 4.69) is 5.32 Å². The summed E-state index contributed by atoms with van der Waals surface area (Å²) in [6.07, 6.45) is -3.36. The molecule has 0 spiro atoms. The van der Waals surface area contributed by atoms with E-state index in [1.165, 1.54) is 17.8 Å². The van der Waals surface area contributed by atoms with Gasteiger partial charge < -0.3 is 5.32 Å². The van der Waals surface area contributed by atoms with Crippen LogP contribution in [0.4, 0.5) is 13.2 Å². The molecule has 1 atom stereocenters. The van der Waals surface area contributed by atoms with E-state index in [1.807, 2.05) is 13.8 Å². The van der Waals surface area contributed by atoms with E-state index in [1.54, 1.807) is 19.2 Å². The fourth-order valence-corrected chi connectivity index (χ4v) is 2.52. The number of halogens is 3. The number of alkyl halides is 3. The molecule has 0 amide bonds.